The highest BCUT2D eigenvalue weighted by Gasteiger charge is 2.21. The summed E-state index contributed by atoms with van der Waals surface area (Å²) in [6, 6.07) is 0. The van der Waals surface area contributed by atoms with Gasteiger partial charge < -0.3 is 5.11 Å². The Kier molecular flexibility index (Phi) is 6.51. The van der Waals surface area contributed by atoms with E-state index in [-0.39, 0.29) is 11.8 Å². The van der Waals surface area contributed by atoms with Crippen molar-refractivity contribution in [3.8, 4) is 0 Å². The molecule has 5 nitrogen and oxygen atoms in total. The zero-order valence-electron chi connectivity index (χ0n) is 9.18. The maximum Gasteiger partial charge on any atom is 0.327 e. The molecule has 0 saturated carbocycles. The van der Waals surface area contributed by atoms with Gasteiger partial charge in [-0.15, -0.1) is 0 Å². The van der Waals surface area contributed by atoms with Gasteiger partial charge in [-0.25, -0.2) is 4.79 Å². The second-order valence-electron chi connectivity index (χ2n) is 3.06. The van der Waals surface area contributed by atoms with Crippen molar-refractivity contribution >= 4 is 17.8 Å². The SMILES string of the molecule is C=CC(=O)O.CCCCN1C(=O)C=CC1=O. The minimum atomic E-state index is -0.981. The van der Waals surface area contributed by atoms with Crippen molar-refractivity contribution in [2.75, 3.05) is 6.54 Å². The Morgan fingerprint density at radius 2 is 1.88 bits per heavy atom. The third kappa shape index (κ3) is 5.09. The second kappa shape index (κ2) is 7.39. The number of nitrogens with zero attached hydrogens (tertiary/aromatic N) is 1. The molecule has 1 rings (SSSR count). The Balaban J connectivity index is 0.000000385. The van der Waals surface area contributed by atoms with E-state index in [9.17, 15) is 14.4 Å². The summed E-state index contributed by atoms with van der Waals surface area (Å²) in [5.74, 6) is -1.34. The monoisotopic (exact) mass is 225 g/mol. The molecule has 2 amide bonds. The fourth-order valence-electron chi connectivity index (χ4n) is 0.968. The summed E-state index contributed by atoms with van der Waals surface area (Å²) in [5, 5.41) is 7.60. The van der Waals surface area contributed by atoms with Gasteiger partial charge in [0.15, 0.2) is 0 Å². The first-order chi connectivity index (χ1) is 7.52. The summed E-state index contributed by atoms with van der Waals surface area (Å²) in [6.45, 7) is 5.54. The molecular weight excluding hydrogens is 210 g/mol. The van der Waals surface area contributed by atoms with Crippen molar-refractivity contribution in [1.29, 1.82) is 0 Å². The van der Waals surface area contributed by atoms with Gasteiger partial charge in [0.25, 0.3) is 11.8 Å². The molecule has 0 aromatic carbocycles. The van der Waals surface area contributed by atoms with E-state index in [0.717, 1.165) is 18.9 Å². The van der Waals surface area contributed by atoms with Crippen LogP contribution >= 0.6 is 0 Å². The molecule has 0 aromatic heterocycles. The van der Waals surface area contributed by atoms with Crippen molar-refractivity contribution in [3.05, 3.63) is 24.8 Å². The van der Waals surface area contributed by atoms with Gasteiger partial charge in [0.05, 0.1) is 0 Å². The maximum absolute atomic E-state index is 10.9. The van der Waals surface area contributed by atoms with Crippen molar-refractivity contribution in [3.63, 3.8) is 0 Å². The van der Waals surface area contributed by atoms with Crippen LogP contribution in [0.15, 0.2) is 24.8 Å². The van der Waals surface area contributed by atoms with E-state index in [0.29, 0.717) is 6.54 Å². The molecule has 0 bridgehead atoms. The number of amides is 2. The zero-order chi connectivity index (χ0) is 12.6. The van der Waals surface area contributed by atoms with Crippen LogP contribution < -0.4 is 0 Å². The molecule has 0 radical (unpaired) electrons. The predicted molar refractivity (Wildman–Crippen MR) is 58.6 cm³/mol. The summed E-state index contributed by atoms with van der Waals surface area (Å²) in [4.78, 5) is 32.3. The Morgan fingerprint density at radius 1 is 1.44 bits per heavy atom. The third-order valence-electron chi connectivity index (χ3n) is 1.81. The molecular formula is C11H15NO4. The normalized spacial score (nSPS) is 13.4. The van der Waals surface area contributed by atoms with Gasteiger partial charge in [0, 0.05) is 24.8 Å². The minimum absolute atomic E-state index is 0.177. The lowest BCUT2D eigenvalue weighted by Crippen LogP contribution is -2.30. The highest BCUT2D eigenvalue weighted by atomic mass is 16.4. The Hall–Kier alpha value is -1.91. The van der Waals surface area contributed by atoms with Gasteiger partial charge in [-0.3, -0.25) is 14.5 Å². The summed E-state index contributed by atoms with van der Waals surface area (Å²) >= 11 is 0. The molecule has 0 unspecified atom stereocenters. The van der Waals surface area contributed by atoms with Crippen molar-refractivity contribution in [1.82, 2.24) is 4.90 Å². The topological polar surface area (TPSA) is 74.7 Å². The van der Waals surface area contributed by atoms with Gasteiger partial charge >= 0.3 is 5.97 Å². The fourth-order valence-corrected chi connectivity index (χ4v) is 0.968. The highest BCUT2D eigenvalue weighted by molar-refractivity contribution is 6.12. The molecule has 0 saturated heterocycles. The summed E-state index contributed by atoms with van der Waals surface area (Å²) in [7, 11) is 0. The van der Waals surface area contributed by atoms with Gasteiger partial charge in [0.1, 0.15) is 0 Å². The molecule has 1 heterocycles. The average molecular weight is 225 g/mol. The lowest BCUT2D eigenvalue weighted by molar-refractivity contribution is -0.137. The van der Waals surface area contributed by atoms with E-state index in [1.807, 2.05) is 6.92 Å². The van der Waals surface area contributed by atoms with Crippen LogP contribution in [-0.2, 0) is 14.4 Å². The van der Waals surface area contributed by atoms with Crippen LogP contribution in [0.2, 0.25) is 0 Å². The molecule has 1 aliphatic heterocycles. The van der Waals surface area contributed by atoms with Gasteiger partial charge in [-0.2, -0.15) is 0 Å². The first-order valence-corrected chi connectivity index (χ1v) is 4.91. The van der Waals surface area contributed by atoms with Crippen molar-refractivity contribution in [2.45, 2.75) is 19.8 Å². The molecule has 0 fully saturated rings. The minimum Gasteiger partial charge on any atom is -0.478 e. The van der Waals surface area contributed by atoms with E-state index >= 15 is 0 Å². The molecule has 1 N–H and O–H groups in total. The number of carboxylic acids is 1. The van der Waals surface area contributed by atoms with Gasteiger partial charge in [0.2, 0.25) is 0 Å². The van der Waals surface area contributed by atoms with Crippen molar-refractivity contribution < 1.29 is 19.5 Å². The van der Waals surface area contributed by atoms with Crippen LogP contribution in [0.3, 0.4) is 0 Å². The number of aliphatic carboxylic acids is 1. The van der Waals surface area contributed by atoms with E-state index in [1.165, 1.54) is 17.1 Å². The lowest BCUT2D eigenvalue weighted by atomic mass is 10.3. The molecule has 0 aromatic rings. The average Bonchev–Trinajstić information content (AvgIpc) is 2.57. The van der Waals surface area contributed by atoms with Crippen molar-refractivity contribution in [2.24, 2.45) is 0 Å². The quantitative estimate of drug-likeness (QED) is 0.571. The number of carbonyl (C=O) groups excluding carboxylic acids is 2. The number of carbonyl (C=O) groups is 3. The zero-order valence-corrected chi connectivity index (χ0v) is 9.18. The standard InChI is InChI=1S/C8H11NO2.C3H4O2/c1-2-3-6-9-7(10)4-5-8(9)11;1-2-3(4)5/h4-5H,2-3,6H2,1H3;2H,1H2,(H,4,5). The molecule has 16 heavy (non-hydrogen) atoms. The molecule has 88 valence electrons. The maximum atomic E-state index is 10.9. The summed E-state index contributed by atoms with van der Waals surface area (Å²) < 4.78 is 0. The summed E-state index contributed by atoms with van der Waals surface area (Å²) in [5.41, 5.74) is 0. The number of unbranched alkanes of at least 4 members (excludes halogenated alkanes) is 1. The van der Waals surface area contributed by atoms with Crippen LogP contribution in [0.4, 0.5) is 0 Å². The number of imide groups is 1. The summed E-state index contributed by atoms with van der Waals surface area (Å²) in [6.07, 6.45) is 5.35. The molecule has 0 atom stereocenters. The van der Waals surface area contributed by atoms with Crippen LogP contribution in [0, 0.1) is 0 Å². The van der Waals surface area contributed by atoms with Gasteiger partial charge in [-0.05, 0) is 6.42 Å². The smallest absolute Gasteiger partial charge is 0.327 e. The van der Waals surface area contributed by atoms with Gasteiger partial charge in [-0.1, -0.05) is 19.9 Å². The van der Waals surface area contributed by atoms with E-state index < -0.39 is 5.97 Å². The first-order valence-electron chi connectivity index (χ1n) is 4.91. The molecule has 5 heteroatoms. The Bertz CT molecular complexity index is 302. The Morgan fingerprint density at radius 3 is 2.19 bits per heavy atom. The van der Waals surface area contributed by atoms with Crippen LogP contribution in [0.1, 0.15) is 19.8 Å². The molecule has 1 aliphatic rings. The molecule has 0 spiro atoms. The largest absolute Gasteiger partial charge is 0.478 e. The number of hydrogen-bond donors (Lipinski definition) is 1. The number of rotatable bonds is 4. The van der Waals surface area contributed by atoms with E-state index in [2.05, 4.69) is 6.58 Å². The second-order valence-corrected chi connectivity index (χ2v) is 3.06. The van der Waals surface area contributed by atoms with Crippen LogP contribution in [0.25, 0.3) is 0 Å². The lowest BCUT2D eigenvalue weighted by Gasteiger charge is -2.11. The first kappa shape index (κ1) is 14.1. The Labute approximate surface area is 94.0 Å². The van der Waals surface area contributed by atoms with Crippen LogP contribution in [-0.4, -0.2) is 34.3 Å². The van der Waals surface area contributed by atoms with Crippen LogP contribution in [0.5, 0.6) is 0 Å². The predicted octanol–water partition coefficient (Wildman–Crippen LogP) is 0.968. The fraction of sp³-hybridized carbons (Fsp3) is 0.364. The number of carboxylic acid groups (broad SMARTS) is 1. The molecule has 0 aliphatic carbocycles. The number of hydrogen-bond acceptors (Lipinski definition) is 3. The highest BCUT2D eigenvalue weighted by Crippen LogP contribution is 2.04. The van der Waals surface area contributed by atoms with E-state index in [1.54, 1.807) is 0 Å². The third-order valence-corrected chi connectivity index (χ3v) is 1.81. The van der Waals surface area contributed by atoms with E-state index in [4.69, 9.17) is 5.11 Å².